The maximum Gasteiger partial charge on any atom is 0.381 e. The van der Waals surface area contributed by atoms with Gasteiger partial charge in [-0.1, -0.05) is 13.8 Å². The number of imidazole rings is 1. The third-order valence-electron chi connectivity index (χ3n) is 2.71. The lowest BCUT2D eigenvalue weighted by atomic mass is 10.1. The fraction of sp³-hybridized carbons (Fsp3) is 0.545. The monoisotopic (exact) mass is 284 g/mol. The summed E-state index contributed by atoms with van der Waals surface area (Å²) < 4.78 is 1.30. The van der Waals surface area contributed by atoms with Crippen LogP contribution in [-0.4, -0.2) is 37.5 Å². The second-order valence-corrected chi connectivity index (χ2v) is 4.66. The summed E-state index contributed by atoms with van der Waals surface area (Å²) in [5, 5.41) is 21.9. The number of aryl methyl sites for hydroxylation is 1. The number of hydrogen-bond acceptors (Lipinski definition) is 5. The summed E-state index contributed by atoms with van der Waals surface area (Å²) in [5.41, 5.74) is 0. The zero-order valence-corrected chi connectivity index (χ0v) is 11.4. The number of nitrogens with one attached hydrogen (secondary N) is 1. The molecule has 0 spiro atoms. The van der Waals surface area contributed by atoms with Crippen LogP contribution in [0.5, 0.6) is 0 Å². The van der Waals surface area contributed by atoms with Crippen LogP contribution in [0, 0.1) is 23.0 Å². The molecule has 1 rings (SSSR count). The summed E-state index contributed by atoms with van der Waals surface area (Å²) in [6.07, 6.45) is 1.14. The Morgan fingerprint density at radius 2 is 2.15 bits per heavy atom. The van der Waals surface area contributed by atoms with E-state index in [1.165, 1.54) is 11.5 Å². The van der Waals surface area contributed by atoms with E-state index in [1.807, 2.05) is 0 Å². The van der Waals surface area contributed by atoms with Gasteiger partial charge in [0.05, 0.1) is 0 Å². The van der Waals surface area contributed by atoms with Crippen LogP contribution in [0.25, 0.3) is 0 Å². The molecule has 0 saturated heterocycles. The Labute approximate surface area is 114 Å². The molecular formula is C11H16N4O5. The van der Waals surface area contributed by atoms with E-state index in [-0.39, 0.29) is 18.3 Å². The van der Waals surface area contributed by atoms with Crippen LogP contribution in [0.15, 0.2) is 6.20 Å². The summed E-state index contributed by atoms with van der Waals surface area (Å²) in [7, 11) is 0. The minimum absolute atomic E-state index is 0.219. The summed E-state index contributed by atoms with van der Waals surface area (Å²) in [5.74, 6) is -1.98. The predicted molar refractivity (Wildman–Crippen MR) is 68.0 cm³/mol. The maximum absolute atomic E-state index is 11.8. The SMILES string of the molecule is Cc1nc([N+](=O)[O-])cn1CC(=O)N[C@H](C(=O)O)C(C)C. The highest BCUT2D eigenvalue weighted by molar-refractivity contribution is 5.83. The lowest BCUT2D eigenvalue weighted by Crippen LogP contribution is -2.45. The molecule has 2 N–H and O–H groups in total. The van der Waals surface area contributed by atoms with Gasteiger partial charge in [0.2, 0.25) is 11.7 Å². The first kappa shape index (κ1) is 15.6. The van der Waals surface area contributed by atoms with Crippen molar-refractivity contribution in [3.05, 3.63) is 22.1 Å². The lowest BCUT2D eigenvalue weighted by molar-refractivity contribution is -0.389. The van der Waals surface area contributed by atoms with Gasteiger partial charge in [-0.25, -0.2) is 4.79 Å². The third kappa shape index (κ3) is 3.77. The van der Waals surface area contributed by atoms with Gasteiger partial charge in [0.25, 0.3) is 0 Å². The number of nitro groups is 1. The second kappa shape index (κ2) is 6.13. The van der Waals surface area contributed by atoms with Gasteiger partial charge in [-0.3, -0.25) is 9.36 Å². The first-order valence-corrected chi connectivity index (χ1v) is 5.92. The van der Waals surface area contributed by atoms with Crippen LogP contribution in [0.1, 0.15) is 19.7 Å². The van der Waals surface area contributed by atoms with Gasteiger partial charge < -0.3 is 20.5 Å². The Morgan fingerprint density at radius 3 is 2.55 bits per heavy atom. The van der Waals surface area contributed by atoms with Crippen molar-refractivity contribution in [2.75, 3.05) is 0 Å². The standard InChI is InChI=1S/C11H16N4O5/c1-6(2)10(11(17)18)13-9(16)5-14-4-8(15(19)20)12-7(14)3/h4,6,10H,5H2,1-3H3,(H,13,16)(H,17,18)/t10-/m0/s1. The van der Waals surface area contributed by atoms with Crippen molar-refractivity contribution in [3.63, 3.8) is 0 Å². The van der Waals surface area contributed by atoms with Gasteiger partial charge in [-0.2, -0.15) is 0 Å². The lowest BCUT2D eigenvalue weighted by Gasteiger charge is -2.17. The van der Waals surface area contributed by atoms with Crippen LogP contribution in [0.4, 0.5) is 5.82 Å². The van der Waals surface area contributed by atoms with Crippen LogP contribution in [0.2, 0.25) is 0 Å². The molecule has 0 bridgehead atoms. The number of carboxylic acid groups (broad SMARTS) is 1. The molecule has 0 fully saturated rings. The maximum atomic E-state index is 11.8. The van der Waals surface area contributed by atoms with Crippen LogP contribution in [-0.2, 0) is 16.1 Å². The fourth-order valence-electron chi connectivity index (χ4n) is 1.63. The summed E-state index contributed by atoms with van der Waals surface area (Å²) in [6, 6.07) is -0.999. The quantitative estimate of drug-likeness (QED) is 0.572. The van der Waals surface area contributed by atoms with Crippen molar-refractivity contribution < 1.29 is 19.6 Å². The zero-order chi connectivity index (χ0) is 15.4. The van der Waals surface area contributed by atoms with Gasteiger partial charge in [-0.05, 0) is 15.8 Å². The van der Waals surface area contributed by atoms with E-state index in [0.717, 1.165) is 6.20 Å². The summed E-state index contributed by atoms with van der Waals surface area (Å²) >= 11 is 0. The van der Waals surface area contributed by atoms with Gasteiger partial charge in [0.1, 0.15) is 18.8 Å². The normalized spacial score (nSPS) is 12.2. The van der Waals surface area contributed by atoms with Gasteiger partial charge in [-0.15, -0.1) is 0 Å². The Morgan fingerprint density at radius 1 is 1.55 bits per heavy atom. The van der Waals surface area contributed by atoms with E-state index >= 15 is 0 Å². The number of carbonyl (C=O) groups excluding carboxylic acids is 1. The van der Waals surface area contributed by atoms with Crippen molar-refractivity contribution in [2.45, 2.75) is 33.4 Å². The van der Waals surface area contributed by atoms with Crippen LogP contribution >= 0.6 is 0 Å². The van der Waals surface area contributed by atoms with Crippen LogP contribution in [0.3, 0.4) is 0 Å². The molecule has 0 aromatic carbocycles. The van der Waals surface area contributed by atoms with E-state index in [2.05, 4.69) is 10.3 Å². The number of carbonyl (C=O) groups is 2. The smallest absolute Gasteiger partial charge is 0.381 e. The van der Waals surface area contributed by atoms with E-state index in [9.17, 15) is 19.7 Å². The number of rotatable bonds is 6. The molecule has 20 heavy (non-hydrogen) atoms. The van der Waals surface area contributed by atoms with E-state index in [1.54, 1.807) is 13.8 Å². The molecule has 9 nitrogen and oxygen atoms in total. The highest BCUT2D eigenvalue weighted by Gasteiger charge is 2.24. The predicted octanol–water partition coefficient (Wildman–Crippen LogP) is 0.325. The Kier molecular flexibility index (Phi) is 4.78. The van der Waals surface area contributed by atoms with Crippen molar-refractivity contribution in [3.8, 4) is 0 Å². The molecule has 0 saturated carbocycles. The molecule has 1 aromatic rings. The minimum Gasteiger partial charge on any atom is -0.480 e. The number of carboxylic acids is 1. The zero-order valence-electron chi connectivity index (χ0n) is 11.4. The topological polar surface area (TPSA) is 127 Å². The van der Waals surface area contributed by atoms with Gasteiger partial charge in [0, 0.05) is 6.92 Å². The van der Waals surface area contributed by atoms with Gasteiger partial charge >= 0.3 is 11.8 Å². The molecular weight excluding hydrogens is 268 g/mol. The molecule has 1 aromatic heterocycles. The molecule has 9 heteroatoms. The Balaban J connectivity index is 2.76. The number of nitrogens with zero attached hydrogens (tertiary/aromatic N) is 3. The first-order valence-electron chi connectivity index (χ1n) is 5.92. The van der Waals surface area contributed by atoms with Gasteiger partial charge in [0.15, 0.2) is 0 Å². The number of amides is 1. The molecule has 110 valence electrons. The van der Waals surface area contributed by atoms with Crippen LogP contribution < -0.4 is 5.32 Å². The molecule has 1 heterocycles. The van der Waals surface area contributed by atoms with E-state index in [4.69, 9.17) is 5.11 Å². The molecule has 0 aliphatic heterocycles. The molecule has 0 aliphatic rings. The summed E-state index contributed by atoms with van der Waals surface area (Å²) in [6.45, 7) is 4.65. The highest BCUT2D eigenvalue weighted by Crippen LogP contribution is 2.10. The van der Waals surface area contributed by atoms with Crippen molar-refractivity contribution in [1.82, 2.24) is 14.9 Å². The van der Waals surface area contributed by atoms with E-state index in [0.29, 0.717) is 5.82 Å². The molecule has 0 aliphatic carbocycles. The largest absolute Gasteiger partial charge is 0.480 e. The first-order chi connectivity index (χ1) is 9.22. The molecule has 1 amide bonds. The molecule has 0 unspecified atom stereocenters. The second-order valence-electron chi connectivity index (χ2n) is 4.66. The Bertz CT molecular complexity index is 537. The minimum atomic E-state index is -1.12. The molecule has 1 atom stereocenters. The van der Waals surface area contributed by atoms with E-state index < -0.39 is 22.8 Å². The Hall–Kier alpha value is -2.45. The average molecular weight is 284 g/mol. The van der Waals surface area contributed by atoms with Crippen molar-refractivity contribution >= 4 is 17.7 Å². The average Bonchev–Trinajstić information content (AvgIpc) is 2.67. The fourth-order valence-corrected chi connectivity index (χ4v) is 1.63. The number of hydrogen-bond donors (Lipinski definition) is 2. The highest BCUT2D eigenvalue weighted by atomic mass is 16.6. The van der Waals surface area contributed by atoms with Crippen molar-refractivity contribution in [1.29, 1.82) is 0 Å². The summed E-state index contributed by atoms with van der Waals surface area (Å²) in [4.78, 5) is 36.3. The number of aliphatic carboxylic acids is 1. The van der Waals surface area contributed by atoms with Crippen molar-refractivity contribution in [2.24, 2.45) is 5.92 Å². The number of aromatic nitrogens is 2. The molecule has 0 radical (unpaired) electrons. The third-order valence-corrected chi connectivity index (χ3v) is 2.71.